The van der Waals surface area contributed by atoms with Gasteiger partial charge in [0.25, 0.3) is 0 Å². The first-order valence-corrected chi connectivity index (χ1v) is 8.34. The Morgan fingerprint density at radius 1 is 1.50 bits per heavy atom. The van der Waals surface area contributed by atoms with Crippen molar-refractivity contribution in [2.24, 2.45) is 0 Å². The van der Waals surface area contributed by atoms with Crippen LogP contribution in [0.1, 0.15) is 31.7 Å². The number of carbonyl (C=O) groups is 1. The Bertz CT molecular complexity index is 478. The Labute approximate surface area is 142 Å². The van der Waals surface area contributed by atoms with Crippen LogP contribution in [0.25, 0.3) is 0 Å². The molecule has 6 nitrogen and oxygen atoms in total. The topological polar surface area (TPSA) is 85.7 Å². The first-order chi connectivity index (χ1) is 11.5. The highest BCUT2D eigenvalue weighted by molar-refractivity contribution is 5.74. The minimum Gasteiger partial charge on any atom is -0.395 e. The molecule has 7 heteroatoms. The standard InChI is InChI=1S/C13H19FN2O2.C4H9NO/c14-13-4-3-10(7-15-13)2-1-5-16-8-12(18)6-11(16)9-17;1-3-4(6)5-2/h3-4,7,11-12,17-18H,1-2,5-6,8-9H2;3H2,1-2H3,(H,5,6). The summed E-state index contributed by atoms with van der Waals surface area (Å²) in [6.45, 7) is 3.38. The van der Waals surface area contributed by atoms with Crippen LogP contribution in [0.2, 0.25) is 0 Å². The molecule has 0 radical (unpaired) electrons. The van der Waals surface area contributed by atoms with Crippen molar-refractivity contribution < 1.29 is 19.4 Å². The smallest absolute Gasteiger partial charge is 0.219 e. The molecule has 1 aromatic heterocycles. The lowest BCUT2D eigenvalue weighted by Gasteiger charge is -2.21. The van der Waals surface area contributed by atoms with Crippen molar-refractivity contribution in [2.75, 3.05) is 26.7 Å². The molecule has 1 amide bonds. The van der Waals surface area contributed by atoms with Crippen LogP contribution in [0.3, 0.4) is 0 Å². The molecule has 1 aliphatic heterocycles. The number of nitrogens with zero attached hydrogens (tertiary/aromatic N) is 2. The van der Waals surface area contributed by atoms with Gasteiger partial charge in [-0.25, -0.2) is 4.98 Å². The third kappa shape index (κ3) is 7.33. The number of aliphatic hydroxyl groups excluding tert-OH is 2. The van der Waals surface area contributed by atoms with E-state index in [1.165, 1.54) is 6.07 Å². The molecule has 3 N–H and O–H groups in total. The van der Waals surface area contributed by atoms with Gasteiger partial charge in [0.05, 0.1) is 12.7 Å². The number of amides is 1. The highest BCUT2D eigenvalue weighted by Gasteiger charge is 2.29. The van der Waals surface area contributed by atoms with E-state index in [1.807, 2.05) is 6.92 Å². The molecule has 136 valence electrons. The van der Waals surface area contributed by atoms with Crippen molar-refractivity contribution >= 4 is 5.91 Å². The molecule has 1 aliphatic rings. The van der Waals surface area contributed by atoms with E-state index in [1.54, 1.807) is 19.3 Å². The zero-order valence-electron chi connectivity index (χ0n) is 14.4. The van der Waals surface area contributed by atoms with E-state index in [9.17, 15) is 19.4 Å². The van der Waals surface area contributed by atoms with Crippen LogP contribution in [-0.2, 0) is 11.2 Å². The third-order valence-corrected chi connectivity index (χ3v) is 4.02. The minimum atomic E-state index is -0.457. The van der Waals surface area contributed by atoms with E-state index in [0.717, 1.165) is 24.9 Å². The normalized spacial score (nSPS) is 20.4. The number of β-amino-alcohol motifs (C(OH)–C–C–N with tert-alkyl or cyclic N) is 1. The van der Waals surface area contributed by atoms with E-state index in [4.69, 9.17) is 0 Å². The van der Waals surface area contributed by atoms with E-state index in [0.29, 0.717) is 19.4 Å². The van der Waals surface area contributed by atoms with Crippen LogP contribution in [-0.4, -0.2) is 64.9 Å². The molecule has 0 aromatic carbocycles. The highest BCUT2D eigenvalue weighted by atomic mass is 19.1. The quantitative estimate of drug-likeness (QED) is 0.664. The average molecular weight is 341 g/mol. The number of nitrogens with one attached hydrogen (secondary N) is 1. The summed E-state index contributed by atoms with van der Waals surface area (Å²) in [7, 11) is 1.63. The van der Waals surface area contributed by atoms with Gasteiger partial charge in [-0.3, -0.25) is 9.69 Å². The Balaban J connectivity index is 0.000000413. The molecule has 2 unspecified atom stereocenters. The maximum Gasteiger partial charge on any atom is 0.219 e. The lowest BCUT2D eigenvalue weighted by Crippen LogP contribution is -2.33. The lowest BCUT2D eigenvalue weighted by molar-refractivity contribution is -0.120. The number of likely N-dealkylation sites (tertiary alicyclic amines) is 1. The summed E-state index contributed by atoms with van der Waals surface area (Å²) in [6.07, 6.45) is 4.20. The fourth-order valence-electron chi connectivity index (χ4n) is 2.64. The fourth-order valence-corrected chi connectivity index (χ4v) is 2.64. The van der Waals surface area contributed by atoms with Crippen molar-refractivity contribution in [1.29, 1.82) is 0 Å². The van der Waals surface area contributed by atoms with Gasteiger partial charge in [0.15, 0.2) is 0 Å². The first-order valence-electron chi connectivity index (χ1n) is 8.34. The van der Waals surface area contributed by atoms with Crippen LogP contribution >= 0.6 is 0 Å². The van der Waals surface area contributed by atoms with Crippen molar-refractivity contribution in [1.82, 2.24) is 15.2 Å². The van der Waals surface area contributed by atoms with Crippen molar-refractivity contribution in [3.63, 3.8) is 0 Å². The predicted octanol–water partition coefficient (Wildman–Crippen LogP) is 0.723. The van der Waals surface area contributed by atoms with Gasteiger partial charge in [0.1, 0.15) is 0 Å². The number of aryl methyl sites for hydroxylation is 1. The van der Waals surface area contributed by atoms with Crippen LogP contribution in [0.5, 0.6) is 0 Å². The number of rotatable bonds is 6. The second-order valence-electron chi connectivity index (χ2n) is 5.84. The van der Waals surface area contributed by atoms with Crippen LogP contribution in [0, 0.1) is 5.95 Å². The van der Waals surface area contributed by atoms with Gasteiger partial charge in [-0.15, -0.1) is 0 Å². The van der Waals surface area contributed by atoms with Gasteiger partial charge in [-0.1, -0.05) is 13.0 Å². The van der Waals surface area contributed by atoms with Gasteiger partial charge in [-0.2, -0.15) is 4.39 Å². The SMILES string of the molecule is CCC(=O)NC.OCC1CC(O)CN1CCCc1ccc(F)nc1. The minimum absolute atomic E-state index is 0.0753. The zero-order chi connectivity index (χ0) is 17.9. The number of aromatic nitrogens is 1. The first kappa shape index (κ1) is 20.5. The lowest BCUT2D eigenvalue weighted by atomic mass is 10.1. The Morgan fingerprint density at radius 2 is 2.25 bits per heavy atom. The second-order valence-corrected chi connectivity index (χ2v) is 5.84. The van der Waals surface area contributed by atoms with Crippen molar-refractivity contribution in [3.8, 4) is 0 Å². The molecule has 0 aliphatic carbocycles. The number of halogens is 1. The molecular weight excluding hydrogens is 313 g/mol. The summed E-state index contributed by atoms with van der Waals surface area (Å²) in [4.78, 5) is 15.8. The summed E-state index contributed by atoms with van der Waals surface area (Å²) in [5.74, 6) is -0.364. The van der Waals surface area contributed by atoms with Crippen LogP contribution in [0.15, 0.2) is 18.3 Å². The Hall–Kier alpha value is -1.57. The molecule has 0 saturated carbocycles. The summed E-state index contributed by atoms with van der Waals surface area (Å²) >= 11 is 0. The number of hydrogen-bond donors (Lipinski definition) is 3. The molecule has 2 atom stereocenters. The van der Waals surface area contributed by atoms with Gasteiger partial charge in [-0.05, 0) is 37.4 Å². The highest BCUT2D eigenvalue weighted by Crippen LogP contribution is 2.18. The van der Waals surface area contributed by atoms with Gasteiger partial charge in [0.2, 0.25) is 11.9 Å². The molecule has 1 fully saturated rings. The van der Waals surface area contributed by atoms with Crippen LogP contribution in [0.4, 0.5) is 4.39 Å². The van der Waals surface area contributed by atoms with E-state index < -0.39 is 5.95 Å². The second kappa shape index (κ2) is 11.1. The number of carbonyl (C=O) groups excluding carboxylic acids is 1. The molecule has 1 aromatic rings. The Morgan fingerprint density at radius 3 is 2.75 bits per heavy atom. The van der Waals surface area contributed by atoms with E-state index in [-0.39, 0.29) is 24.7 Å². The summed E-state index contributed by atoms with van der Waals surface area (Å²) in [6, 6.07) is 3.18. The van der Waals surface area contributed by atoms with Gasteiger partial charge < -0.3 is 15.5 Å². The molecular formula is C17H28FN3O3. The van der Waals surface area contributed by atoms with Gasteiger partial charge >= 0.3 is 0 Å². The molecule has 0 spiro atoms. The molecule has 0 bridgehead atoms. The fraction of sp³-hybridized carbons (Fsp3) is 0.647. The van der Waals surface area contributed by atoms with Gasteiger partial charge in [0, 0.05) is 32.3 Å². The number of aliphatic hydroxyl groups is 2. The maximum absolute atomic E-state index is 12.6. The van der Waals surface area contributed by atoms with Crippen molar-refractivity contribution in [3.05, 3.63) is 29.8 Å². The molecule has 24 heavy (non-hydrogen) atoms. The molecule has 2 rings (SSSR count). The summed E-state index contributed by atoms with van der Waals surface area (Å²) < 4.78 is 12.6. The van der Waals surface area contributed by atoms with Crippen LogP contribution < -0.4 is 5.32 Å². The Kier molecular flexibility index (Phi) is 9.44. The average Bonchev–Trinajstić information content (AvgIpc) is 2.96. The molecule has 1 saturated heterocycles. The van der Waals surface area contributed by atoms with E-state index in [2.05, 4.69) is 15.2 Å². The number of hydrogen-bond acceptors (Lipinski definition) is 5. The summed E-state index contributed by atoms with van der Waals surface area (Å²) in [5, 5.41) is 21.2. The monoisotopic (exact) mass is 341 g/mol. The number of pyridine rings is 1. The van der Waals surface area contributed by atoms with Crippen molar-refractivity contribution in [2.45, 2.75) is 44.8 Å². The third-order valence-electron chi connectivity index (χ3n) is 4.02. The zero-order valence-corrected chi connectivity index (χ0v) is 14.4. The predicted molar refractivity (Wildman–Crippen MR) is 89.9 cm³/mol. The largest absolute Gasteiger partial charge is 0.395 e. The summed E-state index contributed by atoms with van der Waals surface area (Å²) in [5.41, 5.74) is 1.01. The van der Waals surface area contributed by atoms with E-state index >= 15 is 0 Å². The maximum atomic E-state index is 12.6. The molecule has 2 heterocycles.